The van der Waals surface area contributed by atoms with E-state index in [0.717, 1.165) is 69.7 Å². The largest absolute Gasteiger partial charge is 0.490 e. The van der Waals surface area contributed by atoms with Crippen molar-refractivity contribution < 1.29 is 28.0 Å². The second-order valence-electron chi connectivity index (χ2n) is 16.6. The number of likely N-dealkylation sites (tertiary alicyclic amines) is 2. The van der Waals surface area contributed by atoms with Crippen LogP contribution in [0.2, 0.25) is 0 Å². The van der Waals surface area contributed by atoms with E-state index in [9.17, 15) is 13.8 Å². The number of nitrogens with zero attached hydrogens (tertiary/aromatic N) is 4. The Morgan fingerprint density at radius 1 is 1.06 bits per heavy atom. The molecule has 0 radical (unpaired) electrons. The molecule has 1 N–H and O–H groups in total. The Morgan fingerprint density at radius 3 is 2.64 bits per heavy atom. The lowest BCUT2D eigenvalue weighted by molar-refractivity contribution is -0.0775. The zero-order valence-electron chi connectivity index (χ0n) is 31.6. The number of hydrogen-bond donors (Lipinski definition) is 1. The molecule has 2 aromatic carbocycles. The molecular formula is C41H55N5O6S. The highest BCUT2D eigenvalue weighted by molar-refractivity contribution is 7.92. The van der Waals surface area contributed by atoms with Gasteiger partial charge in [0.1, 0.15) is 15.7 Å². The van der Waals surface area contributed by atoms with Gasteiger partial charge in [-0.25, -0.2) is 9.00 Å². The number of anilines is 1. The number of allylic oxidation sites excluding steroid dienone is 1. The fourth-order valence-electron chi connectivity index (χ4n) is 9.50. The van der Waals surface area contributed by atoms with Crippen molar-refractivity contribution in [1.29, 1.82) is 0 Å². The third-order valence-corrected chi connectivity index (χ3v) is 14.8. The van der Waals surface area contributed by atoms with Gasteiger partial charge in [0.25, 0.3) is 5.91 Å². The highest BCUT2D eigenvalue weighted by Crippen LogP contribution is 2.47. The smallest absolute Gasteiger partial charge is 0.329 e. The van der Waals surface area contributed by atoms with Crippen LogP contribution in [0.25, 0.3) is 0 Å². The summed E-state index contributed by atoms with van der Waals surface area (Å²) in [5.74, 6) is 0.874. The summed E-state index contributed by atoms with van der Waals surface area (Å²) >= 11 is 0. The van der Waals surface area contributed by atoms with Crippen LogP contribution in [0.1, 0.15) is 66.1 Å². The lowest BCUT2D eigenvalue weighted by Gasteiger charge is -2.51. The van der Waals surface area contributed by atoms with Crippen LogP contribution in [-0.4, -0.2) is 110 Å². The summed E-state index contributed by atoms with van der Waals surface area (Å²) in [6.07, 6.45) is 10.5. The molecule has 1 spiro atoms. The van der Waals surface area contributed by atoms with E-state index in [4.69, 9.17) is 14.2 Å². The number of hydrogen-bond acceptors (Lipinski definition) is 8. The van der Waals surface area contributed by atoms with Crippen molar-refractivity contribution in [1.82, 2.24) is 14.5 Å². The Balaban J connectivity index is 1.12. The standard InChI is InChI=1S/C41H55N5O6S/c1-27-10-14-35-29(17-27)8-6-16-41(35)25-46-19-31-11-13-34(31)37(51-4)9-5-7-28(2)24-53(49,42-39(47)30-12-15-38(52-26-41)36(46)18-30)43-40(48)45-20-32(21-45)44-22-33(23-44)50-3/h5,9-10,12,14-15,17-18,28,31-34,37H,6-8,11,13,16,19-26H2,1-4H3,(H,42,43,47,48,49)/b9-5+/t28-,31-,34+,37-,41-,53?/m0/s1. The number of carbonyl (C=O) groups excluding carboxylic acids is 2. The van der Waals surface area contributed by atoms with Crippen LogP contribution in [0.3, 0.4) is 0 Å². The minimum Gasteiger partial charge on any atom is -0.490 e. The Hall–Kier alpha value is -3.45. The Kier molecular flexibility index (Phi) is 10.1. The number of ether oxygens (including phenoxy) is 3. The first kappa shape index (κ1) is 36.5. The molecule has 11 nitrogen and oxygen atoms in total. The first-order valence-electron chi connectivity index (χ1n) is 19.5. The van der Waals surface area contributed by atoms with Crippen LogP contribution < -0.4 is 14.4 Å². The van der Waals surface area contributed by atoms with Gasteiger partial charge in [-0.3, -0.25) is 14.4 Å². The molecule has 2 bridgehead atoms. The maximum Gasteiger partial charge on any atom is 0.329 e. The number of aryl methyl sites for hydroxylation is 2. The van der Waals surface area contributed by atoms with Gasteiger partial charge in [-0.15, -0.1) is 4.36 Å². The lowest BCUT2D eigenvalue weighted by Crippen LogP contribution is -2.69. The number of nitrogens with one attached hydrogen (secondary N) is 1. The summed E-state index contributed by atoms with van der Waals surface area (Å²) in [5, 5.41) is 0. The zero-order chi connectivity index (χ0) is 36.9. The summed E-state index contributed by atoms with van der Waals surface area (Å²) < 4.78 is 39.9. The molecule has 0 aromatic heterocycles. The minimum atomic E-state index is -3.46. The summed E-state index contributed by atoms with van der Waals surface area (Å²) in [6, 6.07) is 12.1. The number of amides is 3. The average molecular weight is 746 g/mol. The van der Waals surface area contributed by atoms with Crippen molar-refractivity contribution >= 4 is 27.5 Å². The van der Waals surface area contributed by atoms with E-state index in [1.54, 1.807) is 25.2 Å². The topological polar surface area (TPSA) is 113 Å². The van der Waals surface area contributed by atoms with E-state index in [-0.39, 0.29) is 35.3 Å². The molecule has 6 aliphatic rings. The number of urea groups is 1. The summed E-state index contributed by atoms with van der Waals surface area (Å²) in [6.45, 7) is 9.07. The van der Waals surface area contributed by atoms with Gasteiger partial charge in [-0.2, -0.15) is 0 Å². The predicted octanol–water partition coefficient (Wildman–Crippen LogP) is 5.35. The summed E-state index contributed by atoms with van der Waals surface area (Å²) in [7, 11) is 0.0405. The number of benzene rings is 2. The minimum absolute atomic E-state index is 0.0320. The lowest BCUT2D eigenvalue weighted by atomic mass is 9.68. The van der Waals surface area contributed by atoms with Gasteiger partial charge in [0, 0.05) is 70.5 Å². The number of rotatable bonds is 4. The quantitative estimate of drug-likeness (QED) is 0.417. The van der Waals surface area contributed by atoms with Crippen molar-refractivity contribution in [3.8, 4) is 5.75 Å². The van der Waals surface area contributed by atoms with Gasteiger partial charge in [0.15, 0.2) is 0 Å². The summed E-state index contributed by atoms with van der Waals surface area (Å²) in [4.78, 5) is 34.0. The molecular weight excluding hydrogens is 691 g/mol. The van der Waals surface area contributed by atoms with Gasteiger partial charge in [0.05, 0.1) is 30.3 Å². The molecule has 1 unspecified atom stereocenters. The van der Waals surface area contributed by atoms with Crippen molar-refractivity contribution in [3.63, 3.8) is 0 Å². The first-order valence-corrected chi connectivity index (χ1v) is 21.2. The number of methoxy groups -OCH3 is 2. The SMILES string of the molecule is COC1CN(C2CN(C(=O)NS3(=O)=NC(=O)c4ccc5c(c4)N(C[C@@H]4CC[C@H]4[C@@H](OC)/C=C/C[C@H](C)C3)C[C@@]3(CCCc4cc(C)ccc43)CO5)C2)C1. The van der Waals surface area contributed by atoms with Gasteiger partial charge in [-0.05, 0) is 92.5 Å². The molecule has 12 heteroatoms. The van der Waals surface area contributed by atoms with Crippen LogP contribution in [0.15, 0.2) is 52.9 Å². The maximum absolute atomic E-state index is 14.6. The highest BCUT2D eigenvalue weighted by Gasteiger charge is 2.45. The second-order valence-corrected chi connectivity index (χ2v) is 18.6. The van der Waals surface area contributed by atoms with Crippen LogP contribution >= 0.6 is 0 Å². The monoisotopic (exact) mass is 745 g/mol. The molecule has 2 aliphatic carbocycles. The second kappa shape index (κ2) is 14.7. The van der Waals surface area contributed by atoms with E-state index in [1.807, 2.05) is 19.1 Å². The third kappa shape index (κ3) is 7.24. The first-order chi connectivity index (χ1) is 25.5. The normalized spacial score (nSPS) is 32.9. The van der Waals surface area contributed by atoms with E-state index < -0.39 is 21.9 Å². The van der Waals surface area contributed by atoms with Crippen molar-refractivity contribution in [2.75, 3.05) is 70.7 Å². The predicted molar refractivity (Wildman–Crippen MR) is 206 cm³/mol. The Labute approximate surface area is 314 Å². The number of carbonyl (C=O) groups is 2. The van der Waals surface area contributed by atoms with Crippen molar-refractivity contribution in [3.05, 3.63) is 70.8 Å². The zero-order valence-corrected chi connectivity index (χ0v) is 32.4. The third-order valence-electron chi connectivity index (χ3n) is 12.8. The molecule has 3 fully saturated rings. The molecule has 2 aromatic rings. The maximum atomic E-state index is 14.6. The fraction of sp³-hybridized carbons (Fsp3) is 0.610. The van der Waals surface area contributed by atoms with E-state index >= 15 is 0 Å². The molecule has 2 saturated heterocycles. The average Bonchev–Trinajstić information content (AvgIpc) is 3.22. The van der Waals surface area contributed by atoms with Crippen LogP contribution in [0, 0.1) is 24.7 Å². The van der Waals surface area contributed by atoms with Gasteiger partial charge >= 0.3 is 6.03 Å². The molecule has 6 atom stereocenters. The van der Waals surface area contributed by atoms with E-state index in [0.29, 0.717) is 43.5 Å². The molecule has 1 saturated carbocycles. The molecule has 53 heavy (non-hydrogen) atoms. The number of fused-ring (bicyclic) bond motifs is 4. The van der Waals surface area contributed by atoms with Crippen LogP contribution in [-0.2, 0) is 31.2 Å². The van der Waals surface area contributed by atoms with E-state index in [2.05, 4.69) is 56.2 Å². The highest BCUT2D eigenvalue weighted by atomic mass is 32.2. The van der Waals surface area contributed by atoms with Gasteiger partial charge in [-0.1, -0.05) is 42.8 Å². The molecule has 4 heterocycles. The Morgan fingerprint density at radius 2 is 1.89 bits per heavy atom. The molecule has 4 aliphatic heterocycles. The van der Waals surface area contributed by atoms with E-state index in [1.165, 1.54) is 16.7 Å². The summed E-state index contributed by atoms with van der Waals surface area (Å²) in [5.41, 5.74) is 5.05. The molecule has 8 rings (SSSR count). The van der Waals surface area contributed by atoms with Crippen molar-refractivity contribution in [2.45, 2.75) is 76.0 Å². The van der Waals surface area contributed by atoms with Crippen LogP contribution in [0.5, 0.6) is 5.75 Å². The van der Waals surface area contributed by atoms with Crippen molar-refractivity contribution in [2.24, 2.45) is 22.1 Å². The van der Waals surface area contributed by atoms with Crippen LogP contribution in [0.4, 0.5) is 10.5 Å². The molecule has 286 valence electrons. The van der Waals surface area contributed by atoms with Gasteiger partial charge < -0.3 is 24.0 Å². The molecule has 3 amide bonds. The van der Waals surface area contributed by atoms with Gasteiger partial charge in [0.2, 0.25) is 0 Å². The fourth-order valence-corrected chi connectivity index (χ4v) is 11.4. The Bertz CT molecular complexity index is 1880.